The molecule has 1 atom stereocenters. The molecule has 4 rings (SSSR count). The van der Waals surface area contributed by atoms with E-state index in [9.17, 15) is 9.90 Å². The van der Waals surface area contributed by atoms with Gasteiger partial charge in [-0.15, -0.1) is 0 Å². The topological polar surface area (TPSA) is 87.6 Å². The van der Waals surface area contributed by atoms with Gasteiger partial charge in [0.25, 0.3) is 0 Å². The number of nitrogens with one attached hydrogen (secondary N) is 1. The Morgan fingerprint density at radius 2 is 2.09 bits per heavy atom. The summed E-state index contributed by atoms with van der Waals surface area (Å²) in [6, 6.07) is 13.3. The Morgan fingerprint density at radius 1 is 1.28 bits per heavy atom. The lowest BCUT2D eigenvalue weighted by molar-refractivity contribution is 0.114. The van der Waals surface area contributed by atoms with Gasteiger partial charge in [-0.3, -0.25) is 0 Å². The number of alkyl carbamates (subject to hydrolysis) is 1. The maximum atomic E-state index is 11.9. The quantitative estimate of drug-likeness (QED) is 0.591. The zero-order chi connectivity index (χ0) is 22.7. The molecule has 2 aromatic carbocycles. The molecule has 1 aliphatic heterocycles. The molecule has 1 amide bonds. The summed E-state index contributed by atoms with van der Waals surface area (Å²) in [7, 11) is 0. The van der Waals surface area contributed by atoms with Gasteiger partial charge in [-0.25, -0.2) is 14.8 Å². The Balaban J connectivity index is 0.00000306. The third-order valence-corrected chi connectivity index (χ3v) is 5.67. The Morgan fingerprint density at radius 3 is 2.88 bits per heavy atom. The summed E-state index contributed by atoms with van der Waals surface area (Å²) in [4.78, 5) is 23.8. The van der Waals surface area contributed by atoms with Crippen molar-refractivity contribution in [1.29, 1.82) is 0 Å². The fourth-order valence-electron chi connectivity index (χ4n) is 4.15. The molecule has 7 heteroatoms. The summed E-state index contributed by atoms with van der Waals surface area (Å²) < 4.78 is 5.19. The number of benzene rings is 2. The van der Waals surface area contributed by atoms with Crippen LogP contribution in [0.5, 0.6) is 5.75 Å². The van der Waals surface area contributed by atoms with E-state index in [1.165, 1.54) is 0 Å². The number of carbonyl (C=O) groups excluding carboxylic acids is 1. The Kier molecular flexibility index (Phi) is 6.44. The Labute approximate surface area is 189 Å². The first kappa shape index (κ1) is 21.9. The van der Waals surface area contributed by atoms with Gasteiger partial charge < -0.3 is 20.1 Å². The van der Waals surface area contributed by atoms with Crippen molar-refractivity contribution in [3.8, 4) is 17.1 Å². The van der Waals surface area contributed by atoms with E-state index in [0.29, 0.717) is 23.9 Å². The summed E-state index contributed by atoms with van der Waals surface area (Å²) in [5, 5.41) is 14.3. The first-order chi connectivity index (χ1) is 15.4. The van der Waals surface area contributed by atoms with Gasteiger partial charge in [-0.05, 0) is 69.4 Å². The highest BCUT2D eigenvalue weighted by Crippen LogP contribution is 2.33. The van der Waals surface area contributed by atoms with Crippen molar-refractivity contribution < 1.29 is 16.1 Å². The van der Waals surface area contributed by atoms with Crippen molar-refractivity contribution in [3.05, 3.63) is 48.0 Å². The molecule has 1 fully saturated rings. The van der Waals surface area contributed by atoms with E-state index in [2.05, 4.69) is 28.4 Å². The molecule has 32 heavy (non-hydrogen) atoms. The monoisotopic (exact) mass is 436 g/mol. The van der Waals surface area contributed by atoms with Crippen LogP contribution in [0.2, 0.25) is 0 Å². The Hall–Kier alpha value is -3.35. The van der Waals surface area contributed by atoms with E-state index < -0.39 is 0 Å². The number of phenolic OH excluding ortho intramolecular Hbond substituents is 1. The third kappa shape index (κ3) is 4.93. The van der Waals surface area contributed by atoms with Crippen molar-refractivity contribution in [1.82, 2.24) is 15.3 Å². The van der Waals surface area contributed by atoms with Crippen LogP contribution < -0.4 is 10.2 Å². The number of carbonyl (C=O) groups is 1. The van der Waals surface area contributed by atoms with Gasteiger partial charge >= 0.3 is 6.09 Å². The smallest absolute Gasteiger partial charge is 0.407 e. The van der Waals surface area contributed by atoms with Crippen molar-refractivity contribution in [2.75, 3.05) is 24.5 Å². The number of para-hydroxylation sites is 1. The molecule has 2 heterocycles. The fourth-order valence-corrected chi connectivity index (χ4v) is 4.15. The van der Waals surface area contributed by atoms with Gasteiger partial charge in [0.2, 0.25) is 0 Å². The van der Waals surface area contributed by atoms with Gasteiger partial charge in [-0.2, -0.15) is 0 Å². The molecule has 3 aromatic rings. The maximum Gasteiger partial charge on any atom is 0.407 e. The molecular weight excluding hydrogens is 404 g/mol. The highest BCUT2D eigenvalue weighted by Gasteiger charge is 2.24. The zero-order valence-corrected chi connectivity index (χ0v) is 18.8. The molecular formula is C25H32N4O3. The number of anilines is 1. The molecule has 1 aromatic heterocycles. The van der Waals surface area contributed by atoms with Crippen molar-refractivity contribution in [3.63, 3.8) is 0 Å². The van der Waals surface area contributed by atoms with E-state index in [-0.39, 0.29) is 19.4 Å². The van der Waals surface area contributed by atoms with Crippen LogP contribution in [0, 0.1) is 12.8 Å². The molecule has 2 N–H and O–H groups in total. The number of nitrogens with zero attached hydrogens (tertiary/aromatic N) is 3. The van der Waals surface area contributed by atoms with Gasteiger partial charge in [0.1, 0.15) is 11.6 Å². The van der Waals surface area contributed by atoms with Gasteiger partial charge in [0, 0.05) is 26.4 Å². The van der Waals surface area contributed by atoms with Crippen LogP contribution in [-0.4, -0.2) is 46.9 Å². The van der Waals surface area contributed by atoms with Gasteiger partial charge in [-0.1, -0.05) is 18.2 Å². The summed E-state index contributed by atoms with van der Waals surface area (Å²) in [5.41, 5.74) is 2.59. The Bertz CT molecular complexity index is 1120. The lowest BCUT2D eigenvalue weighted by atomic mass is 9.97. The lowest BCUT2D eigenvalue weighted by Crippen LogP contribution is -2.41. The normalized spacial score (nSPS) is 16.4. The predicted molar refractivity (Wildman–Crippen MR) is 128 cm³/mol. The minimum Gasteiger partial charge on any atom is -0.507 e. The second-order valence-electron chi connectivity index (χ2n) is 8.70. The van der Waals surface area contributed by atoms with Crippen LogP contribution in [0.25, 0.3) is 22.3 Å². The van der Waals surface area contributed by atoms with Gasteiger partial charge in [0.15, 0.2) is 5.82 Å². The lowest BCUT2D eigenvalue weighted by Gasteiger charge is -2.34. The molecule has 0 radical (unpaired) electrons. The van der Waals surface area contributed by atoms with Crippen LogP contribution in [0.3, 0.4) is 0 Å². The SMILES string of the molecule is Cc1ccc2c(N3CCC[C@@H](CNC(=O)OC(C)C)C3)nc(-c3ccccc3O)nc2c1.[HH]. The standard InChI is InChI=1S/C25H30N4O3.H2/c1-16(2)32-25(31)26-14-18-7-6-12-29(15-18)24-19-11-10-17(3)13-21(19)27-23(28-24)20-8-4-5-9-22(20)30;/h4-5,8-11,13,16,18,30H,6-7,12,14-15H2,1-3H3,(H,26,31);1H/t18-;/m0./s1. The van der Waals surface area contributed by atoms with E-state index in [1.54, 1.807) is 12.1 Å². The van der Waals surface area contributed by atoms with Gasteiger partial charge in [0.05, 0.1) is 17.2 Å². The third-order valence-electron chi connectivity index (χ3n) is 5.67. The molecule has 0 spiro atoms. The highest BCUT2D eigenvalue weighted by molar-refractivity contribution is 5.92. The predicted octanol–water partition coefficient (Wildman–Crippen LogP) is 4.91. The largest absolute Gasteiger partial charge is 0.507 e. The van der Waals surface area contributed by atoms with E-state index in [4.69, 9.17) is 14.7 Å². The first-order valence-electron chi connectivity index (χ1n) is 11.2. The summed E-state index contributed by atoms with van der Waals surface area (Å²) in [5.74, 6) is 1.84. The van der Waals surface area contributed by atoms with Crippen LogP contribution in [0.15, 0.2) is 42.5 Å². The number of fused-ring (bicyclic) bond motifs is 1. The van der Waals surface area contributed by atoms with Crippen LogP contribution >= 0.6 is 0 Å². The van der Waals surface area contributed by atoms with E-state index >= 15 is 0 Å². The minimum atomic E-state index is -0.373. The second-order valence-corrected chi connectivity index (χ2v) is 8.70. The zero-order valence-electron chi connectivity index (χ0n) is 18.8. The van der Waals surface area contributed by atoms with Crippen LogP contribution in [0.4, 0.5) is 10.6 Å². The van der Waals surface area contributed by atoms with Crippen LogP contribution in [-0.2, 0) is 4.74 Å². The number of hydrogen-bond donors (Lipinski definition) is 2. The average Bonchev–Trinajstić information content (AvgIpc) is 2.77. The summed E-state index contributed by atoms with van der Waals surface area (Å²) in [6.45, 7) is 7.95. The van der Waals surface area contributed by atoms with Crippen molar-refractivity contribution in [2.24, 2.45) is 5.92 Å². The number of amides is 1. The molecule has 1 aliphatic rings. The fraction of sp³-hybridized carbons (Fsp3) is 0.400. The summed E-state index contributed by atoms with van der Waals surface area (Å²) in [6.07, 6.45) is 1.53. The van der Waals surface area contributed by atoms with Crippen molar-refractivity contribution >= 4 is 22.8 Å². The average molecular weight is 437 g/mol. The number of piperidine rings is 1. The van der Waals surface area contributed by atoms with E-state index in [1.807, 2.05) is 32.9 Å². The molecule has 170 valence electrons. The molecule has 0 saturated carbocycles. The molecule has 1 saturated heterocycles. The number of ether oxygens (including phenoxy) is 1. The minimum absolute atomic E-state index is 0. The number of phenols is 1. The highest BCUT2D eigenvalue weighted by atomic mass is 16.6. The van der Waals surface area contributed by atoms with Crippen LogP contribution in [0.1, 0.15) is 33.7 Å². The molecule has 0 unspecified atom stereocenters. The second kappa shape index (κ2) is 9.42. The number of rotatable bonds is 5. The summed E-state index contributed by atoms with van der Waals surface area (Å²) >= 11 is 0. The number of aryl methyl sites for hydroxylation is 1. The number of aromatic hydroxyl groups is 1. The molecule has 7 nitrogen and oxygen atoms in total. The molecule has 0 aliphatic carbocycles. The maximum absolute atomic E-state index is 11.9. The van der Waals surface area contributed by atoms with Crippen molar-refractivity contribution in [2.45, 2.75) is 39.7 Å². The number of hydrogen-bond acceptors (Lipinski definition) is 6. The molecule has 0 bridgehead atoms. The first-order valence-corrected chi connectivity index (χ1v) is 11.2. The number of aromatic nitrogens is 2. The van der Waals surface area contributed by atoms with E-state index in [0.717, 1.165) is 48.2 Å².